The van der Waals surface area contributed by atoms with E-state index in [0.29, 0.717) is 13.2 Å². The van der Waals surface area contributed by atoms with Crippen LogP contribution in [0.3, 0.4) is 0 Å². The first-order valence-corrected chi connectivity index (χ1v) is 6.29. The molecule has 0 aliphatic rings. The minimum Gasteiger partial charge on any atom is -0.493 e. The molecular weight excluding hydrogens is 305 g/mol. The van der Waals surface area contributed by atoms with E-state index in [1.54, 1.807) is 0 Å². The number of carbonyl (C=O) groups excluding carboxylic acids is 1. The van der Waals surface area contributed by atoms with Gasteiger partial charge in [-0.3, -0.25) is 0 Å². The third kappa shape index (κ3) is 3.96. The van der Waals surface area contributed by atoms with Gasteiger partial charge >= 0.3 is 5.97 Å². The first kappa shape index (κ1) is 14.9. The fourth-order valence-corrected chi connectivity index (χ4v) is 1.69. The summed E-state index contributed by atoms with van der Waals surface area (Å²) in [6.07, 6.45) is 1.56. The van der Waals surface area contributed by atoms with Gasteiger partial charge in [-0.25, -0.2) is 9.18 Å². The normalized spacial score (nSPS) is 10.2. The number of benzene rings is 1. The number of esters is 1. The van der Waals surface area contributed by atoms with Gasteiger partial charge in [0, 0.05) is 6.07 Å². The van der Waals surface area contributed by atoms with Crippen LogP contribution in [0.1, 0.15) is 23.2 Å². The van der Waals surface area contributed by atoms with E-state index >= 15 is 0 Å². The Kier molecular flexibility index (Phi) is 6.07. The molecule has 0 spiro atoms. The smallest absolute Gasteiger partial charge is 0.341 e. The lowest BCUT2D eigenvalue weighted by molar-refractivity contribution is 0.0595. The molecular formula is C12H15BrFNO3. The molecule has 1 aromatic rings. The van der Waals surface area contributed by atoms with Gasteiger partial charge in [-0.1, -0.05) is 0 Å². The predicted molar refractivity (Wildman–Crippen MR) is 69.2 cm³/mol. The lowest BCUT2D eigenvalue weighted by atomic mass is 10.2. The Bertz CT molecular complexity index is 426. The molecule has 1 aromatic carbocycles. The Balaban J connectivity index is 2.86. The van der Waals surface area contributed by atoms with E-state index in [2.05, 4.69) is 20.7 Å². The fraction of sp³-hybridized carbons (Fsp3) is 0.417. The summed E-state index contributed by atoms with van der Waals surface area (Å²) in [5, 5.41) is 0. The molecule has 0 aromatic heterocycles. The van der Waals surface area contributed by atoms with Crippen molar-refractivity contribution >= 4 is 21.9 Å². The highest BCUT2D eigenvalue weighted by atomic mass is 79.9. The zero-order chi connectivity index (χ0) is 13.5. The van der Waals surface area contributed by atoms with E-state index in [9.17, 15) is 9.18 Å². The molecule has 0 fully saturated rings. The second kappa shape index (κ2) is 7.33. The number of rotatable bonds is 6. The van der Waals surface area contributed by atoms with Gasteiger partial charge < -0.3 is 15.2 Å². The molecule has 2 N–H and O–H groups in total. The topological polar surface area (TPSA) is 61.5 Å². The van der Waals surface area contributed by atoms with E-state index in [1.165, 1.54) is 19.2 Å². The number of unbranched alkanes of at least 4 members (excludes halogenated alkanes) is 1. The van der Waals surface area contributed by atoms with Crippen molar-refractivity contribution in [1.82, 2.24) is 0 Å². The predicted octanol–water partition coefficient (Wildman–Crippen LogP) is 2.49. The first-order chi connectivity index (χ1) is 8.60. The maximum atomic E-state index is 13.4. The molecule has 1 rings (SSSR count). The average Bonchev–Trinajstić information content (AvgIpc) is 2.37. The van der Waals surface area contributed by atoms with Gasteiger partial charge in [0.2, 0.25) is 0 Å². The summed E-state index contributed by atoms with van der Waals surface area (Å²) in [4.78, 5) is 11.5. The molecule has 0 heterocycles. The van der Waals surface area contributed by atoms with Gasteiger partial charge in [0.1, 0.15) is 17.1 Å². The van der Waals surface area contributed by atoms with Gasteiger partial charge in [0.25, 0.3) is 0 Å². The zero-order valence-corrected chi connectivity index (χ0v) is 11.6. The van der Waals surface area contributed by atoms with Crippen LogP contribution >= 0.6 is 15.9 Å². The zero-order valence-electron chi connectivity index (χ0n) is 10.0. The number of halogens is 2. The molecule has 0 saturated heterocycles. The summed E-state index contributed by atoms with van der Waals surface area (Å²) in [7, 11) is 1.26. The summed E-state index contributed by atoms with van der Waals surface area (Å²) < 4.78 is 23.6. The highest BCUT2D eigenvalue weighted by molar-refractivity contribution is 9.10. The molecule has 0 aliphatic heterocycles. The lowest BCUT2D eigenvalue weighted by Gasteiger charge is -2.11. The Hall–Kier alpha value is -1.14. The maximum Gasteiger partial charge on any atom is 0.341 e. The highest BCUT2D eigenvalue weighted by Gasteiger charge is 2.16. The van der Waals surface area contributed by atoms with Crippen LogP contribution < -0.4 is 10.5 Å². The Labute approximate surface area is 113 Å². The first-order valence-electron chi connectivity index (χ1n) is 5.50. The van der Waals surface area contributed by atoms with Crippen LogP contribution in [0.4, 0.5) is 4.39 Å². The molecule has 0 saturated carbocycles. The molecule has 0 bridgehead atoms. The summed E-state index contributed by atoms with van der Waals surface area (Å²) >= 11 is 3.02. The highest BCUT2D eigenvalue weighted by Crippen LogP contribution is 2.27. The second-order valence-corrected chi connectivity index (χ2v) is 4.45. The SMILES string of the molecule is COC(=O)c1cc(Br)c(F)cc1OCCCCN. The molecule has 6 heteroatoms. The minimum absolute atomic E-state index is 0.180. The maximum absolute atomic E-state index is 13.4. The quantitative estimate of drug-likeness (QED) is 0.646. The Morgan fingerprint density at radius 1 is 1.44 bits per heavy atom. The minimum atomic E-state index is -0.565. The molecule has 18 heavy (non-hydrogen) atoms. The molecule has 0 unspecified atom stereocenters. The van der Waals surface area contributed by atoms with Crippen molar-refractivity contribution in [3.05, 3.63) is 28.0 Å². The largest absolute Gasteiger partial charge is 0.493 e. The number of methoxy groups -OCH3 is 1. The molecule has 0 atom stereocenters. The summed E-state index contributed by atoms with van der Waals surface area (Å²) in [5.74, 6) is -0.874. The van der Waals surface area contributed by atoms with E-state index in [1.807, 2.05) is 0 Å². The van der Waals surface area contributed by atoms with Gasteiger partial charge in [0.05, 0.1) is 18.2 Å². The van der Waals surface area contributed by atoms with Crippen LogP contribution in [-0.2, 0) is 4.74 Å². The van der Waals surface area contributed by atoms with Gasteiger partial charge in [-0.05, 0) is 41.4 Å². The number of carbonyl (C=O) groups is 1. The van der Waals surface area contributed by atoms with Crippen LogP contribution in [0, 0.1) is 5.82 Å². The number of hydrogen-bond acceptors (Lipinski definition) is 4. The van der Waals surface area contributed by atoms with E-state index in [-0.39, 0.29) is 15.8 Å². The second-order valence-electron chi connectivity index (χ2n) is 3.60. The Morgan fingerprint density at radius 3 is 2.78 bits per heavy atom. The number of ether oxygens (including phenoxy) is 2. The van der Waals surface area contributed by atoms with Crippen LogP contribution in [-0.4, -0.2) is 26.2 Å². The molecule has 4 nitrogen and oxygen atoms in total. The fourth-order valence-electron chi connectivity index (χ4n) is 1.35. The molecule has 0 amide bonds. The monoisotopic (exact) mass is 319 g/mol. The third-order valence-electron chi connectivity index (χ3n) is 2.28. The molecule has 0 radical (unpaired) electrons. The average molecular weight is 320 g/mol. The van der Waals surface area contributed by atoms with Gasteiger partial charge in [-0.15, -0.1) is 0 Å². The van der Waals surface area contributed by atoms with Crippen LogP contribution in [0.25, 0.3) is 0 Å². The van der Waals surface area contributed by atoms with Crippen molar-refractivity contribution in [2.45, 2.75) is 12.8 Å². The van der Waals surface area contributed by atoms with Crippen molar-refractivity contribution in [1.29, 1.82) is 0 Å². The third-order valence-corrected chi connectivity index (χ3v) is 2.89. The van der Waals surface area contributed by atoms with Crippen molar-refractivity contribution in [2.24, 2.45) is 5.73 Å². The summed E-state index contributed by atoms with van der Waals surface area (Å²) in [5.41, 5.74) is 5.55. The summed E-state index contributed by atoms with van der Waals surface area (Å²) in [6.45, 7) is 0.949. The van der Waals surface area contributed by atoms with Gasteiger partial charge in [0.15, 0.2) is 0 Å². The van der Waals surface area contributed by atoms with Crippen LogP contribution in [0.5, 0.6) is 5.75 Å². The standard InChI is InChI=1S/C12H15BrFNO3/c1-17-12(16)8-6-9(13)10(14)7-11(8)18-5-3-2-4-15/h6-7H,2-5,15H2,1H3. The lowest BCUT2D eigenvalue weighted by Crippen LogP contribution is -2.08. The molecule has 0 aliphatic carbocycles. The van der Waals surface area contributed by atoms with Crippen molar-refractivity contribution in [3.8, 4) is 5.75 Å². The Morgan fingerprint density at radius 2 is 2.17 bits per heavy atom. The van der Waals surface area contributed by atoms with E-state index in [4.69, 9.17) is 10.5 Å². The summed E-state index contributed by atoms with van der Waals surface area (Å²) in [6, 6.07) is 2.51. The van der Waals surface area contributed by atoms with E-state index < -0.39 is 11.8 Å². The van der Waals surface area contributed by atoms with Crippen molar-refractivity contribution < 1.29 is 18.7 Å². The van der Waals surface area contributed by atoms with Crippen molar-refractivity contribution in [3.63, 3.8) is 0 Å². The van der Waals surface area contributed by atoms with E-state index in [0.717, 1.165) is 12.8 Å². The molecule has 100 valence electrons. The number of nitrogens with two attached hydrogens (primary N) is 1. The van der Waals surface area contributed by atoms with Crippen LogP contribution in [0.2, 0.25) is 0 Å². The van der Waals surface area contributed by atoms with Crippen LogP contribution in [0.15, 0.2) is 16.6 Å². The van der Waals surface area contributed by atoms with Gasteiger partial charge in [-0.2, -0.15) is 0 Å². The van der Waals surface area contributed by atoms with Crippen molar-refractivity contribution in [2.75, 3.05) is 20.3 Å². The number of hydrogen-bond donors (Lipinski definition) is 1.